The molecule has 2 fully saturated rings. The van der Waals surface area contributed by atoms with Crippen molar-refractivity contribution in [2.75, 3.05) is 4.90 Å². The van der Waals surface area contributed by atoms with Crippen molar-refractivity contribution < 1.29 is 9.59 Å². The Morgan fingerprint density at radius 2 is 1.75 bits per heavy atom. The lowest BCUT2D eigenvalue weighted by molar-refractivity contribution is -0.122. The molecule has 0 N–H and O–H groups in total. The maximum atomic E-state index is 12.5. The first kappa shape index (κ1) is 13.9. The first-order valence-electron chi connectivity index (χ1n) is 6.82. The highest BCUT2D eigenvalue weighted by Gasteiger charge is 2.49. The fraction of sp³-hybridized carbons (Fsp3) is 0.467. The van der Waals surface area contributed by atoms with Crippen LogP contribution in [0.5, 0.6) is 0 Å². The van der Waals surface area contributed by atoms with Crippen LogP contribution in [0.3, 0.4) is 0 Å². The number of halogens is 2. The highest BCUT2D eigenvalue weighted by atomic mass is 35.5. The minimum absolute atomic E-state index is 0.0923. The zero-order valence-corrected chi connectivity index (χ0v) is 12.6. The van der Waals surface area contributed by atoms with Crippen LogP contribution >= 0.6 is 23.2 Å². The van der Waals surface area contributed by atoms with Crippen LogP contribution in [0, 0.1) is 17.8 Å². The molecule has 1 saturated heterocycles. The number of nitrogens with zero attached hydrogens (tertiary/aromatic N) is 1. The standard InChI is InChI=1S/C15H15Cl2NO2/c1-8-2-4-10-11(6-8)15(20)18(14(10)19)9-3-5-12(16)13(17)7-9/h3,5,7-8,10-11H,2,4,6H2,1H3/t8-,10-,11-/m1/s1. The van der Waals surface area contributed by atoms with Crippen LogP contribution in [-0.4, -0.2) is 11.8 Å². The summed E-state index contributed by atoms with van der Waals surface area (Å²) in [6.45, 7) is 2.13. The molecule has 2 aliphatic rings. The predicted octanol–water partition coefficient (Wildman–Crippen LogP) is 3.92. The third-order valence-corrected chi connectivity index (χ3v) is 5.09. The molecule has 3 atom stereocenters. The van der Waals surface area contributed by atoms with Gasteiger partial charge in [0.1, 0.15) is 0 Å². The van der Waals surface area contributed by atoms with Crippen LogP contribution in [0.4, 0.5) is 5.69 Å². The summed E-state index contributed by atoms with van der Waals surface area (Å²) in [7, 11) is 0. The number of benzene rings is 1. The molecule has 1 aliphatic carbocycles. The maximum Gasteiger partial charge on any atom is 0.237 e. The molecule has 106 valence electrons. The molecule has 20 heavy (non-hydrogen) atoms. The lowest BCUT2D eigenvalue weighted by Gasteiger charge is -2.25. The third-order valence-electron chi connectivity index (χ3n) is 4.35. The van der Waals surface area contributed by atoms with Gasteiger partial charge in [-0.1, -0.05) is 30.1 Å². The number of hydrogen-bond acceptors (Lipinski definition) is 2. The van der Waals surface area contributed by atoms with Crippen molar-refractivity contribution in [3.8, 4) is 0 Å². The van der Waals surface area contributed by atoms with E-state index in [1.54, 1.807) is 18.2 Å². The average molecular weight is 312 g/mol. The molecule has 0 unspecified atom stereocenters. The highest BCUT2D eigenvalue weighted by molar-refractivity contribution is 6.42. The van der Waals surface area contributed by atoms with Gasteiger partial charge in [0, 0.05) is 0 Å². The molecular formula is C15H15Cl2NO2. The predicted molar refractivity (Wildman–Crippen MR) is 79.0 cm³/mol. The number of rotatable bonds is 1. The Bertz CT molecular complexity index is 587. The molecule has 0 spiro atoms. The van der Waals surface area contributed by atoms with E-state index in [4.69, 9.17) is 23.2 Å². The monoisotopic (exact) mass is 311 g/mol. The van der Waals surface area contributed by atoms with Crippen LogP contribution in [0.25, 0.3) is 0 Å². The van der Waals surface area contributed by atoms with E-state index in [1.807, 2.05) is 0 Å². The van der Waals surface area contributed by atoms with Crippen molar-refractivity contribution in [3.05, 3.63) is 28.2 Å². The molecule has 0 bridgehead atoms. The summed E-state index contributed by atoms with van der Waals surface area (Å²) in [4.78, 5) is 26.3. The van der Waals surface area contributed by atoms with Crippen molar-refractivity contribution in [2.24, 2.45) is 17.8 Å². The van der Waals surface area contributed by atoms with Gasteiger partial charge in [0.2, 0.25) is 11.8 Å². The van der Waals surface area contributed by atoms with Gasteiger partial charge in [-0.3, -0.25) is 14.5 Å². The van der Waals surface area contributed by atoms with E-state index in [0.717, 1.165) is 19.3 Å². The van der Waals surface area contributed by atoms with Crippen LogP contribution in [0.1, 0.15) is 26.2 Å². The number of hydrogen-bond donors (Lipinski definition) is 0. The average Bonchev–Trinajstić information content (AvgIpc) is 2.65. The Labute approximate surface area is 127 Å². The number of anilines is 1. The van der Waals surface area contributed by atoms with Gasteiger partial charge in [-0.05, 0) is 43.4 Å². The fourth-order valence-electron chi connectivity index (χ4n) is 3.27. The van der Waals surface area contributed by atoms with Gasteiger partial charge < -0.3 is 0 Å². The minimum Gasteiger partial charge on any atom is -0.274 e. The molecule has 0 aromatic heterocycles. The molecule has 3 rings (SSSR count). The van der Waals surface area contributed by atoms with Crippen LogP contribution in [0.2, 0.25) is 10.0 Å². The van der Waals surface area contributed by atoms with Crippen molar-refractivity contribution in [2.45, 2.75) is 26.2 Å². The van der Waals surface area contributed by atoms with Gasteiger partial charge in [0.25, 0.3) is 0 Å². The SMILES string of the molecule is C[C@@H]1CC[C@H]2C(=O)N(c3ccc(Cl)c(Cl)c3)C(=O)[C@@H]2C1. The van der Waals surface area contributed by atoms with E-state index in [9.17, 15) is 9.59 Å². The molecular weight excluding hydrogens is 297 g/mol. The summed E-state index contributed by atoms with van der Waals surface area (Å²) in [6, 6.07) is 4.87. The highest BCUT2D eigenvalue weighted by Crippen LogP contribution is 2.42. The van der Waals surface area contributed by atoms with Gasteiger partial charge >= 0.3 is 0 Å². The smallest absolute Gasteiger partial charge is 0.237 e. The Morgan fingerprint density at radius 3 is 2.45 bits per heavy atom. The quantitative estimate of drug-likeness (QED) is 0.737. The van der Waals surface area contributed by atoms with Gasteiger partial charge in [-0.2, -0.15) is 0 Å². The molecule has 1 aromatic rings. The number of imide groups is 1. The molecule has 1 saturated carbocycles. The fourth-order valence-corrected chi connectivity index (χ4v) is 3.56. The van der Waals surface area contributed by atoms with Crippen molar-refractivity contribution in [1.82, 2.24) is 0 Å². The van der Waals surface area contributed by atoms with Crippen LogP contribution in [-0.2, 0) is 9.59 Å². The van der Waals surface area contributed by atoms with Gasteiger partial charge in [-0.25, -0.2) is 0 Å². The normalized spacial score (nSPS) is 29.8. The summed E-state index contributed by atoms with van der Waals surface area (Å²) in [5, 5.41) is 0.772. The molecule has 0 radical (unpaired) electrons. The zero-order valence-electron chi connectivity index (χ0n) is 11.1. The first-order valence-corrected chi connectivity index (χ1v) is 7.57. The van der Waals surface area contributed by atoms with Gasteiger partial charge in [0.05, 0.1) is 27.6 Å². The lowest BCUT2D eigenvalue weighted by Crippen LogP contribution is -2.30. The summed E-state index contributed by atoms with van der Waals surface area (Å²) >= 11 is 11.9. The van der Waals surface area contributed by atoms with Crippen molar-refractivity contribution in [3.63, 3.8) is 0 Å². The molecule has 1 aromatic carbocycles. The molecule has 3 nitrogen and oxygen atoms in total. The van der Waals surface area contributed by atoms with Gasteiger partial charge in [0.15, 0.2) is 0 Å². The van der Waals surface area contributed by atoms with Crippen LogP contribution in [0.15, 0.2) is 18.2 Å². The second kappa shape index (κ2) is 5.05. The molecule has 2 amide bonds. The second-order valence-corrected chi connectivity index (χ2v) is 6.56. The zero-order chi connectivity index (χ0) is 14.4. The molecule has 1 aliphatic heterocycles. The molecule has 1 heterocycles. The summed E-state index contributed by atoms with van der Waals surface area (Å²) < 4.78 is 0. The van der Waals surface area contributed by atoms with E-state index in [1.165, 1.54) is 4.90 Å². The second-order valence-electron chi connectivity index (χ2n) is 5.74. The summed E-state index contributed by atoms with van der Waals surface area (Å²) in [5.74, 6) is -0.00848. The Balaban J connectivity index is 1.96. The van der Waals surface area contributed by atoms with E-state index in [0.29, 0.717) is 21.7 Å². The topological polar surface area (TPSA) is 37.4 Å². The minimum atomic E-state index is -0.166. The summed E-state index contributed by atoms with van der Waals surface area (Å²) in [6.07, 6.45) is 2.61. The van der Waals surface area contributed by atoms with Crippen molar-refractivity contribution in [1.29, 1.82) is 0 Å². The van der Waals surface area contributed by atoms with Crippen LogP contribution < -0.4 is 4.90 Å². The summed E-state index contributed by atoms with van der Waals surface area (Å²) in [5.41, 5.74) is 0.524. The Kier molecular flexibility index (Phi) is 3.51. The molecule has 5 heteroatoms. The Morgan fingerprint density at radius 1 is 1.05 bits per heavy atom. The van der Waals surface area contributed by atoms with Crippen molar-refractivity contribution >= 4 is 40.7 Å². The van der Waals surface area contributed by atoms with E-state index >= 15 is 0 Å². The number of carbonyl (C=O) groups excluding carboxylic acids is 2. The Hall–Kier alpha value is -1.06. The lowest BCUT2D eigenvalue weighted by atomic mass is 9.76. The van der Waals surface area contributed by atoms with E-state index in [2.05, 4.69) is 6.92 Å². The number of carbonyl (C=O) groups is 2. The largest absolute Gasteiger partial charge is 0.274 e. The number of fused-ring (bicyclic) bond motifs is 1. The number of amides is 2. The van der Waals surface area contributed by atoms with E-state index < -0.39 is 0 Å². The third kappa shape index (κ3) is 2.13. The first-order chi connectivity index (χ1) is 9.49. The van der Waals surface area contributed by atoms with Gasteiger partial charge in [-0.15, -0.1) is 0 Å². The maximum absolute atomic E-state index is 12.5. The van der Waals surface area contributed by atoms with E-state index in [-0.39, 0.29) is 23.7 Å².